The van der Waals surface area contributed by atoms with Gasteiger partial charge in [-0.15, -0.1) is 0 Å². The first-order chi connectivity index (χ1) is 18.4. The van der Waals surface area contributed by atoms with Crippen molar-refractivity contribution in [2.45, 2.75) is 70.4 Å². The molecule has 2 N–H and O–H groups in total. The van der Waals surface area contributed by atoms with E-state index in [-0.39, 0.29) is 35.9 Å². The van der Waals surface area contributed by atoms with Crippen LogP contribution < -0.4 is 10.6 Å². The summed E-state index contributed by atoms with van der Waals surface area (Å²) in [6, 6.07) is 14.7. The van der Waals surface area contributed by atoms with Gasteiger partial charge >= 0.3 is 0 Å². The number of carbonyl (C=O) groups is 3. The number of anilines is 1. The summed E-state index contributed by atoms with van der Waals surface area (Å²) in [4.78, 5) is 49.7. The molecule has 2 aromatic rings. The fourth-order valence-corrected chi connectivity index (χ4v) is 5.82. The van der Waals surface area contributed by atoms with Crippen LogP contribution in [0.3, 0.4) is 0 Å². The van der Waals surface area contributed by atoms with E-state index in [9.17, 15) is 14.4 Å². The molecule has 8 nitrogen and oxygen atoms in total. The Kier molecular flexibility index (Phi) is 7.93. The Bertz CT molecular complexity index is 1280. The number of nitrogens with one attached hydrogen (secondary N) is 2. The highest BCUT2D eigenvalue weighted by molar-refractivity contribution is 8.14. The second-order valence-electron chi connectivity index (χ2n) is 10.3. The number of aliphatic imine (C=N–C) groups is 2. The molecule has 5 rings (SSSR count). The maximum Gasteiger partial charge on any atom is 0.259 e. The summed E-state index contributed by atoms with van der Waals surface area (Å²) in [6.45, 7) is 4.25. The summed E-state index contributed by atoms with van der Waals surface area (Å²) < 4.78 is 0. The smallest absolute Gasteiger partial charge is 0.259 e. The lowest BCUT2D eigenvalue weighted by molar-refractivity contribution is -0.129. The van der Waals surface area contributed by atoms with E-state index in [1.165, 1.54) is 28.6 Å². The number of rotatable bonds is 7. The Labute approximate surface area is 227 Å². The van der Waals surface area contributed by atoms with Crippen LogP contribution in [0.1, 0.15) is 69.4 Å². The molecule has 1 fully saturated rings. The van der Waals surface area contributed by atoms with Crippen molar-refractivity contribution < 1.29 is 14.4 Å². The molecule has 1 aliphatic carbocycles. The predicted octanol–water partition coefficient (Wildman–Crippen LogP) is 4.98. The average molecular weight is 532 g/mol. The standard InChI is InChI=1S/C29H33N5O3S/c1-18(2)19-12-14-21(15-13-19)31-26(36)17-38-29-33-23-11-7-6-10-22(23)27-32-24(28(37)34(27)29)16-25(35)30-20-8-4-3-5-9-20/h6-7,10-15,18,20,24H,3-5,8-9,16-17H2,1-2H3,(H,30,35)(H,31,36). The van der Waals surface area contributed by atoms with E-state index in [4.69, 9.17) is 0 Å². The first-order valence-corrected chi connectivity index (χ1v) is 14.3. The minimum Gasteiger partial charge on any atom is -0.353 e. The van der Waals surface area contributed by atoms with Gasteiger partial charge in [0.15, 0.2) is 5.17 Å². The molecule has 0 radical (unpaired) electrons. The minimum atomic E-state index is -0.807. The summed E-state index contributed by atoms with van der Waals surface area (Å²) >= 11 is 1.19. The van der Waals surface area contributed by atoms with Crippen LogP contribution in [0.15, 0.2) is 58.5 Å². The number of hydrogen-bond acceptors (Lipinski definition) is 6. The molecule has 1 saturated carbocycles. The van der Waals surface area contributed by atoms with Crippen LogP contribution in [0.5, 0.6) is 0 Å². The molecule has 2 heterocycles. The van der Waals surface area contributed by atoms with Crippen molar-refractivity contribution in [3.8, 4) is 0 Å². The first-order valence-electron chi connectivity index (χ1n) is 13.3. The third kappa shape index (κ3) is 5.83. The van der Waals surface area contributed by atoms with Gasteiger partial charge in [-0.3, -0.25) is 19.4 Å². The maximum absolute atomic E-state index is 13.4. The van der Waals surface area contributed by atoms with Crippen LogP contribution in [-0.2, 0) is 14.4 Å². The van der Waals surface area contributed by atoms with E-state index in [0.717, 1.165) is 36.9 Å². The number of hydrogen-bond donors (Lipinski definition) is 2. The second-order valence-corrected chi connectivity index (χ2v) is 11.2. The molecule has 2 aromatic carbocycles. The average Bonchev–Trinajstić information content (AvgIpc) is 3.24. The molecular formula is C29H33N5O3S. The fraction of sp³-hybridized carbons (Fsp3) is 0.414. The monoisotopic (exact) mass is 531 g/mol. The highest BCUT2D eigenvalue weighted by Gasteiger charge is 2.42. The van der Waals surface area contributed by atoms with Crippen LogP contribution in [0, 0.1) is 0 Å². The van der Waals surface area contributed by atoms with Crippen molar-refractivity contribution in [3.63, 3.8) is 0 Å². The van der Waals surface area contributed by atoms with Gasteiger partial charge in [0, 0.05) is 17.3 Å². The summed E-state index contributed by atoms with van der Waals surface area (Å²) in [5.74, 6) is 0.353. The van der Waals surface area contributed by atoms with Crippen molar-refractivity contribution in [3.05, 3.63) is 59.7 Å². The lowest BCUT2D eigenvalue weighted by Crippen LogP contribution is -2.43. The van der Waals surface area contributed by atoms with Gasteiger partial charge < -0.3 is 10.6 Å². The Morgan fingerprint density at radius 2 is 1.76 bits per heavy atom. The minimum absolute atomic E-state index is 0.00229. The molecule has 0 saturated heterocycles. The molecule has 2 aliphatic heterocycles. The highest BCUT2D eigenvalue weighted by atomic mass is 32.2. The van der Waals surface area contributed by atoms with Gasteiger partial charge in [0.05, 0.1) is 17.9 Å². The van der Waals surface area contributed by atoms with Crippen LogP contribution in [0.4, 0.5) is 11.4 Å². The number of carbonyl (C=O) groups excluding carboxylic acids is 3. The third-order valence-electron chi connectivity index (χ3n) is 7.09. The van der Waals surface area contributed by atoms with Crippen molar-refractivity contribution in [1.82, 2.24) is 10.2 Å². The van der Waals surface area contributed by atoms with Gasteiger partial charge in [0.1, 0.15) is 11.9 Å². The Balaban J connectivity index is 1.27. The quantitative estimate of drug-likeness (QED) is 0.526. The molecular weight excluding hydrogens is 498 g/mol. The van der Waals surface area contributed by atoms with Crippen molar-refractivity contribution in [2.75, 3.05) is 11.1 Å². The van der Waals surface area contributed by atoms with Gasteiger partial charge in [-0.1, -0.05) is 69.1 Å². The van der Waals surface area contributed by atoms with E-state index in [2.05, 4.69) is 34.5 Å². The number of nitrogens with zero attached hydrogens (tertiary/aromatic N) is 3. The first kappa shape index (κ1) is 26.2. The lowest BCUT2D eigenvalue weighted by atomic mass is 9.95. The van der Waals surface area contributed by atoms with Crippen LogP contribution in [-0.4, -0.2) is 51.5 Å². The van der Waals surface area contributed by atoms with E-state index in [1.54, 1.807) is 0 Å². The lowest BCUT2D eigenvalue weighted by Gasteiger charge is -2.25. The van der Waals surface area contributed by atoms with Gasteiger partial charge in [0.25, 0.3) is 5.91 Å². The Morgan fingerprint density at radius 1 is 1.03 bits per heavy atom. The largest absolute Gasteiger partial charge is 0.353 e. The van der Waals surface area contributed by atoms with E-state index >= 15 is 0 Å². The maximum atomic E-state index is 13.4. The summed E-state index contributed by atoms with van der Waals surface area (Å²) in [5.41, 5.74) is 3.36. The van der Waals surface area contributed by atoms with E-state index in [0.29, 0.717) is 22.6 Å². The molecule has 3 aliphatic rings. The van der Waals surface area contributed by atoms with Crippen LogP contribution in [0.25, 0.3) is 0 Å². The number of amidine groups is 2. The summed E-state index contributed by atoms with van der Waals surface area (Å²) in [6.07, 6.45) is 5.41. The SMILES string of the molecule is CC(C)c1ccc(NC(=O)CSC2=Nc3ccccc3C3=NC(CC(=O)NC4CCCCC4)C(=O)N23)cc1. The molecule has 1 atom stereocenters. The normalized spacial score (nSPS) is 19.0. The molecule has 198 valence electrons. The van der Waals surface area contributed by atoms with E-state index in [1.807, 2.05) is 48.5 Å². The topological polar surface area (TPSA) is 103 Å². The van der Waals surface area contributed by atoms with Gasteiger partial charge in [-0.05, 0) is 48.6 Å². The molecule has 3 amide bonds. The van der Waals surface area contributed by atoms with Gasteiger partial charge in [-0.2, -0.15) is 0 Å². The zero-order valence-corrected chi connectivity index (χ0v) is 22.6. The fourth-order valence-electron chi connectivity index (χ4n) is 5.02. The van der Waals surface area contributed by atoms with Crippen molar-refractivity contribution in [2.24, 2.45) is 9.98 Å². The van der Waals surface area contributed by atoms with Crippen molar-refractivity contribution in [1.29, 1.82) is 0 Å². The molecule has 0 spiro atoms. The molecule has 0 aromatic heterocycles. The highest BCUT2D eigenvalue weighted by Crippen LogP contribution is 2.34. The number of amides is 3. The number of thioether (sulfide) groups is 1. The van der Waals surface area contributed by atoms with Gasteiger partial charge in [0.2, 0.25) is 11.8 Å². The molecule has 0 bridgehead atoms. The van der Waals surface area contributed by atoms with Crippen LogP contribution in [0.2, 0.25) is 0 Å². The third-order valence-corrected chi connectivity index (χ3v) is 8.03. The predicted molar refractivity (Wildman–Crippen MR) is 152 cm³/mol. The molecule has 1 unspecified atom stereocenters. The van der Waals surface area contributed by atoms with Crippen LogP contribution >= 0.6 is 11.8 Å². The second kappa shape index (κ2) is 11.5. The van der Waals surface area contributed by atoms with E-state index < -0.39 is 6.04 Å². The zero-order valence-electron chi connectivity index (χ0n) is 21.8. The number of para-hydroxylation sites is 1. The Morgan fingerprint density at radius 3 is 2.50 bits per heavy atom. The molecule has 9 heteroatoms. The summed E-state index contributed by atoms with van der Waals surface area (Å²) in [7, 11) is 0. The zero-order chi connectivity index (χ0) is 26.6. The van der Waals surface area contributed by atoms with Crippen molar-refractivity contribution >= 4 is 51.9 Å². The van der Waals surface area contributed by atoms with Gasteiger partial charge in [-0.25, -0.2) is 9.89 Å². The molecule has 38 heavy (non-hydrogen) atoms. The Hall–Kier alpha value is -3.46. The number of fused-ring (bicyclic) bond motifs is 3. The summed E-state index contributed by atoms with van der Waals surface area (Å²) in [5, 5.41) is 6.39. The number of benzene rings is 2.